The predicted octanol–water partition coefficient (Wildman–Crippen LogP) is 4.76. The van der Waals surface area contributed by atoms with Crippen LogP contribution in [-0.4, -0.2) is 18.8 Å². The lowest BCUT2D eigenvalue weighted by Crippen LogP contribution is -2.17. The second-order valence-electron chi connectivity index (χ2n) is 6.76. The van der Waals surface area contributed by atoms with E-state index >= 15 is 0 Å². The summed E-state index contributed by atoms with van der Waals surface area (Å²) >= 11 is 0. The Hall–Kier alpha value is -3.47. The molecule has 0 aliphatic heterocycles. The zero-order valence-electron chi connectivity index (χ0n) is 16.4. The average Bonchev–Trinajstić information content (AvgIpc) is 2.71. The summed E-state index contributed by atoms with van der Waals surface area (Å²) in [5.41, 5.74) is 3.23. The van der Waals surface area contributed by atoms with Crippen LogP contribution in [0.5, 0.6) is 11.5 Å². The summed E-state index contributed by atoms with van der Waals surface area (Å²) in [4.78, 5) is 12.3. The number of hydrogen-bond acceptors (Lipinski definition) is 4. The molecule has 0 unspecified atom stereocenters. The van der Waals surface area contributed by atoms with Crippen molar-refractivity contribution in [2.75, 3.05) is 19.5 Å². The maximum absolute atomic E-state index is 12.3. The third-order valence-electron chi connectivity index (χ3n) is 5.10. The Bertz CT molecular complexity index is 1250. The van der Waals surface area contributed by atoms with Gasteiger partial charge in [0.1, 0.15) is 5.75 Å². The van der Waals surface area contributed by atoms with Gasteiger partial charge in [0.2, 0.25) is 0 Å². The normalized spacial score (nSPS) is 11.0. The summed E-state index contributed by atoms with van der Waals surface area (Å²) in [6.45, 7) is 1.91. The molecule has 0 aliphatic rings. The first-order valence-corrected chi connectivity index (χ1v) is 9.05. The van der Waals surface area contributed by atoms with Gasteiger partial charge in [-0.05, 0) is 23.9 Å². The number of aryl methyl sites for hydroxylation is 2. The summed E-state index contributed by atoms with van der Waals surface area (Å²) < 4.78 is 13.0. The first kappa shape index (κ1) is 17.9. The zero-order valence-corrected chi connectivity index (χ0v) is 16.4. The summed E-state index contributed by atoms with van der Waals surface area (Å²) in [5, 5.41) is 6.62. The summed E-state index contributed by atoms with van der Waals surface area (Å²) in [7, 11) is 4.99. The minimum atomic E-state index is -0.0832. The fraction of sp³-hybridized carbons (Fsp3) is 0.174. The molecule has 0 atom stereocenters. The van der Waals surface area contributed by atoms with Gasteiger partial charge in [-0.15, -0.1) is 0 Å². The molecule has 28 heavy (non-hydrogen) atoms. The molecule has 4 rings (SSSR count). The largest absolute Gasteiger partial charge is 0.494 e. The fourth-order valence-electron chi connectivity index (χ4n) is 3.73. The van der Waals surface area contributed by atoms with E-state index < -0.39 is 0 Å². The number of anilines is 2. The number of rotatable bonds is 4. The molecule has 0 bridgehead atoms. The van der Waals surface area contributed by atoms with E-state index in [2.05, 4.69) is 23.5 Å². The molecule has 142 valence electrons. The number of pyridine rings is 1. The molecular formula is C23H22N2O3. The van der Waals surface area contributed by atoms with E-state index in [1.54, 1.807) is 31.9 Å². The van der Waals surface area contributed by atoms with Gasteiger partial charge in [-0.25, -0.2) is 0 Å². The Morgan fingerprint density at radius 1 is 0.929 bits per heavy atom. The number of nitrogens with one attached hydrogen (secondary N) is 1. The van der Waals surface area contributed by atoms with Crippen LogP contribution in [0.25, 0.3) is 21.7 Å². The lowest BCUT2D eigenvalue weighted by Gasteiger charge is -2.20. The van der Waals surface area contributed by atoms with E-state index in [1.165, 1.54) is 0 Å². The zero-order chi connectivity index (χ0) is 19.8. The lowest BCUT2D eigenvalue weighted by molar-refractivity contribution is 0.410. The molecule has 0 saturated carbocycles. The van der Waals surface area contributed by atoms with Crippen molar-refractivity contribution < 1.29 is 9.47 Å². The topological polar surface area (TPSA) is 52.5 Å². The molecule has 0 fully saturated rings. The van der Waals surface area contributed by atoms with Crippen LogP contribution in [0.15, 0.2) is 59.4 Å². The van der Waals surface area contributed by atoms with Gasteiger partial charge in [-0.1, -0.05) is 36.4 Å². The highest BCUT2D eigenvalue weighted by Gasteiger charge is 2.19. The molecule has 4 aromatic rings. The maximum atomic E-state index is 12.3. The number of fused-ring (bicyclic) bond motifs is 2. The molecule has 1 aromatic heterocycles. The van der Waals surface area contributed by atoms with E-state index in [-0.39, 0.29) is 5.56 Å². The molecule has 5 heteroatoms. The van der Waals surface area contributed by atoms with E-state index in [1.807, 2.05) is 37.3 Å². The lowest BCUT2D eigenvalue weighted by atomic mass is 10.1. The Balaban J connectivity index is 2.01. The van der Waals surface area contributed by atoms with Crippen molar-refractivity contribution in [3.63, 3.8) is 0 Å². The molecule has 3 aromatic carbocycles. The van der Waals surface area contributed by atoms with E-state index in [0.717, 1.165) is 33.1 Å². The number of ether oxygens (including phenoxy) is 2. The van der Waals surface area contributed by atoms with Crippen LogP contribution in [0.4, 0.5) is 11.4 Å². The summed E-state index contributed by atoms with van der Waals surface area (Å²) in [6.07, 6.45) is 0. The molecule has 1 N–H and O–H groups in total. The highest BCUT2D eigenvalue weighted by molar-refractivity contribution is 6.01. The Labute approximate surface area is 163 Å². The quantitative estimate of drug-likeness (QED) is 0.559. The van der Waals surface area contributed by atoms with Gasteiger partial charge in [0, 0.05) is 35.6 Å². The Morgan fingerprint density at radius 2 is 1.68 bits per heavy atom. The monoisotopic (exact) mass is 374 g/mol. The standard InChI is InChI=1S/C23H22N2O3/c1-14-12-20(26)25(2)22-19(27-3)13-18(23(28-4)21(14)22)24-17-11-7-9-15-8-5-6-10-16(15)17/h5-13,24H,1-4H3. The van der Waals surface area contributed by atoms with Crippen LogP contribution in [0, 0.1) is 6.92 Å². The van der Waals surface area contributed by atoms with Gasteiger partial charge in [0.15, 0.2) is 5.75 Å². The predicted molar refractivity (Wildman–Crippen MR) is 114 cm³/mol. The van der Waals surface area contributed by atoms with Crippen molar-refractivity contribution in [2.45, 2.75) is 6.92 Å². The van der Waals surface area contributed by atoms with Crippen molar-refractivity contribution >= 4 is 33.1 Å². The van der Waals surface area contributed by atoms with Crippen molar-refractivity contribution in [2.24, 2.45) is 7.05 Å². The first-order valence-electron chi connectivity index (χ1n) is 9.05. The molecule has 0 saturated heterocycles. The van der Waals surface area contributed by atoms with Crippen LogP contribution in [0.2, 0.25) is 0 Å². The molecule has 0 radical (unpaired) electrons. The summed E-state index contributed by atoms with van der Waals surface area (Å²) in [5.74, 6) is 1.29. The average molecular weight is 374 g/mol. The van der Waals surface area contributed by atoms with Gasteiger partial charge in [0.25, 0.3) is 5.56 Å². The van der Waals surface area contributed by atoms with Gasteiger partial charge in [-0.2, -0.15) is 0 Å². The number of methoxy groups -OCH3 is 2. The first-order chi connectivity index (χ1) is 13.5. The van der Waals surface area contributed by atoms with Gasteiger partial charge in [0.05, 0.1) is 25.4 Å². The number of hydrogen-bond donors (Lipinski definition) is 1. The highest BCUT2D eigenvalue weighted by atomic mass is 16.5. The third kappa shape index (κ3) is 2.76. The van der Waals surface area contributed by atoms with Crippen LogP contribution in [-0.2, 0) is 7.05 Å². The summed E-state index contributed by atoms with van der Waals surface area (Å²) in [6, 6.07) is 17.8. The smallest absolute Gasteiger partial charge is 0.251 e. The van der Waals surface area contributed by atoms with Crippen LogP contribution in [0.3, 0.4) is 0 Å². The molecule has 5 nitrogen and oxygen atoms in total. The van der Waals surface area contributed by atoms with E-state index in [9.17, 15) is 4.79 Å². The van der Waals surface area contributed by atoms with Crippen molar-refractivity contribution in [3.8, 4) is 11.5 Å². The highest BCUT2D eigenvalue weighted by Crippen LogP contribution is 2.42. The molecular weight excluding hydrogens is 352 g/mol. The van der Waals surface area contributed by atoms with Crippen LogP contribution >= 0.6 is 0 Å². The van der Waals surface area contributed by atoms with Gasteiger partial charge in [-0.3, -0.25) is 4.79 Å². The van der Waals surface area contributed by atoms with E-state index in [4.69, 9.17) is 9.47 Å². The fourth-order valence-corrected chi connectivity index (χ4v) is 3.73. The molecule has 0 aliphatic carbocycles. The second kappa shape index (κ2) is 6.93. The molecule has 0 amide bonds. The maximum Gasteiger partial charge on any atom is 0.251 e. The van der Waals surface area contributed by atoms with Crippen LogP contribution < -0.4 is 20.3 Å². The third-order valence-corrected chi connectivity index (χ3v) is 5.10. The SMILES string of the molecule is COc1c(Nc2cccc3ccccc23)cc(OC)c2c1c(C)cc(=O)n2C. The molecule has 1 heterocycles. The van der Waals surface area contributed by atoms with Crippen molar-refractivity contribution in [3.05, 3.63) is 70.5 Å². The Kier molecular flexibility index (Phi) is 4.43. The second-order valence-corrected chi connectivity index (χ2v) is 6.76. The van der Waals surface area contributed by atoms with Gasteiger partial charge >= 0.3 is 0 Å². The number of nitrogens with zero attached hydrogens (tertiary/aromatic N) is 1. The Morgan fingerprint density at radius 3 is 2.43 bits per heavy atom. The van der Waals surface area contributed by atoms with Crippen LogP contribution in [0.1, 0.15) is 5.56 Å². The number of benzene rings is 3. The minimum Gasteiger partial charge on any atom is -0.494 e. The number of aromatic nitrogens is 1. The minimum absolute atomic E-state index is 0.0832. The van der Waals surface area contributed by atoms with Crippen molar-refractivity contribution in [1.29, 1.82) is 0 Å². The molecule has 0 spiro atoms. The van der Waals surface area contributed by atoms with Crippen molar-refractivity contribution in [1.82, 2.24) is 4.57 Å². The van der Waals surface area contributed by atoms with E-state index in [0.29, 0.717) is 17.0 Å². The van der Waals surface area contributed by atoms with Gasteiger partial charge < -0.3 is 19.4 Å².